The smallest absolute Gasteiger partial charge is 0.000741 e. The van der Waals surface area contributed by atoms with E-state index >= 15 is 0 Å². The molecule has 0 heterocycles. The quantitative estimate of drug-likeness (QED) is 0.664. The highest BCUT2D eigenvalue weighted by Gasteiger charge is 2.31. The molecule has 1 heteroatoms. The Kier molecular flexibility index (Phi) is 3.56. The van der Waals surface area contributed by atoms with Gasteiger partial charge in [0.15, 0.2) is 0 Å². The molecule has 0 saturated carbocycles. The fraction of sp³-hybridized carbons (Fsp3) is 1.00. The summed E-state index contributed by atoms with van der Waals surface area (Å²) in [6, 6.07) is 0. The normalized spacial score (nSPS) is 13.6. The summed E-state index contributed by atoms with van der Waals surface area (Å²) >= 11 is 0. The van der Waals surface area contributed by atoms with Gasteiger partial charge in [-0.05, 0) is 17.4 Å². The van der Waals surface area contributed by atoms with Crippen LogP contribution in [0.3, 0.4) is 0 Å². The third-order valence-corrected chi connectivity index (χ3v) is 2.85. The van der Waals surface area contributed by atoms with Gasteiger partial charge in [-0.1, -0.05) is 41.5 Å². The molecule has 0 radical (unpaired) electrons. The highest BCUT2D eigenvalue weighted by atomic mass is 14.9. The van der Waals surface area contributed by atoms with Gasteiger partial charge in [-0.15, -0.1) is 0 Å². The van der Waals surface area contributed by atoms with Crippen LogP contribution in [0.2, 0.25) is 0 Å². The van der Waals surface area contributed by atoms with Gasteiger partial charge in [0, 0.05) is 6.54 Å². The zero-order valence-corrected chi connectivity index (χ0v) is 8.91. The minimum absolute atomic E-state index is 0.378. The third kappa shape index (κ3) is 3.24. The molecule has 0 saturated heterocycles. The highest BCUT2D eigenvalue weighted by Crippen LogP contribution is 2.36. The van der Waals surface area contributed by atoms with Gasteiger partial charge in [-0.25, -0.2) is 0 Å². The minimum atomic E-state index is 0.378. The third-order valence-electron chi connectivity index (χ3n) is 2.85. The molecule has 0 unspecified atom stereocenters. The number of hydrogen-bond donors (Lipinski definition) is 1. The molecule has 0 aliphatic rings. The van der Waals surface area contributed by atoms with Crippen LogP contribution in [0.5, 0.6) is 0 Å². The van der Waals surface area contributed by atoms with Gasteiger partial charge in [-0.3, -0.25) is 0 Å². The molecule has 0 aliphatic heterocycles. The van der Waals surface area contributed by atoms with Crippen molar-refractivity contribution in [3.63, 3.8) is 0 Å². The maximum Gasteiger partial charge on any atom is 0.000741 e. The van der Waals surface area contributed by atoms with Crippen molar-refractivity contribution in [3.05, 3.63) is 0 Å². The average Bonchev–Trinajstić information content (AvgIpc) is 1.81. The largest absolute Gasteiger partial charge is 0.316 e. The summed E-state index contributed by atoms with van der Waals surface area (Å²) in [5.74, 6) is 0. The van der Waals surface area contributed by atoms with Crippen molar-refractivity contribution in [3.8, 4) is 0 Å². The van der Waals surface area contributed by atoms with Gasteiger partial charge in [-0.2, -0.15) is 0 Å². The zero-order chi connectivity index (χ0) is 9.12. The highest BCUT2D eigenvalue weighted by molar-refractivity contribution is 4.83. The first-order valence-electron chi connectivity index (χ1n) is 4.52. The predicted octanol–water partition coefficient (Wildman–Crippen LogP) is 2.67. The van der Waals surface area contributed by atoms with Crippen LogP contribution in [0.1, 0.15) is 41.5 Å². The molecule has 1 nitrogen and oxygen atoms in total. The molecule has 0 aromatic carbocycles. The Morgan fingerprint density at radius 1 is 1.00 bits per heavy atom. The molecule has 0 fully saturated rings. The van der Waals surface area contributed by atoms with Crippen molar-refractivity contribution in [1.82, 2.24) is 5.32 Å². The fourth-order valence-corrected chi connectivity index (χ4v) is 0.703. The van der Waals surface area contributed by atoms with E-state index in [9.17, 15) is 0 Å². The summed E-state index contributed by atoms with van der Waals surface area (Å²) in [6.45, 7) is 15.8. The average molecular weight is 157 g/mol. The summed E-state index contributed by atoms with van der Waals surface area (Å²) in [5, 5.41) is 3.40. The van der Waals surface area contributed by atoms with Gasteiger partial charge in [0.2, 0.25) is 0 Å². The lowest BCUT2D eigenvalue weighted by molar-refractivity contribution is 0.130. The molecular weight excluding hydrogens is 134 g/mol. The Morgan fingerprint density at radius 2 is 1.45 bits per heavy atom. The van der Waals surface area contributed by atoms with Gasteiger partial charge in [0.1, 0.15) is 0 Å². The first-order valence-corrected chi connectivity index (χ1v) is 4.52. The van der Waals surface area contributed by atoms with Crippen molar-refractivity contribution in [2.24, 2.45) is 10.8 Å². The molecule has 68 valence electrons. The van der Waals surface area contributed by atoms with Gasteiger partial charge in [0.05, 0.1) is 0 Å². The second kappa shape index (κ2) is 3.57. The number of hydrogen-bond acceptors (Lipinski definition) is 1. The van der Waals surface area contributed by atoms with E-state index in [1.54, 1.807) is 0 Å². The van der Waals surface area contributed by atoms with Crippen LogP contribution in [0, 0.1) is 10.8 Å². The topological polar surface area (TPSA) is 12.0 Å². The number of nitrogens with one attached hydrogen (secondary N) is 1. The first-order chi connectivity index (χ1) is 4.81. The van der Waals surface area contributed by atoms with Gasteiger partial charge < -0.3 is 5.32 Å². The molecule has 0 atom stereocenters. The zero-order valence-electron chi connectivity index (χ0n) is 8.91. The van der Waals surface area contributed by atoms with E-state index in [4.69, 9.17) is 0 Å². The summed E-state index contributed by atoms with van der Waals surface area (Å²) < 4.78 is 0. The molecule has 0 amide bonds. The van der Waals surface area contributed by atoms with Crippen molar-refractivity contribution < 1.29 is 0 Å². The summed E-state index contributed by atoms with van der Waals surface area (Å²) in [7, 11) is 0. The lowest BCUT2D eigenvalue weighted by Gasteiger charge is -2.39. The Bertz CT molecular complexity index is 109. The monoisotopic (exact) mass is 157 g/mol. The van der Waals surface area contributed by atoms with E-state index in [1.165, 1.54) is 0 Å². The summed E-state index contributed by atoms with van der Waals surface area (Å²) in [6.07, 6.45) is 0. The molecule has 1 N–H and O–H groups in total. The van der Waals surface area contributed by atoms with E-state index in [0.717, 1.165) is 13.1 Å². The van der Waals surface area contributed by atoms with Crippen LogP contribution >= 0.6 is 0 Å². The van der Waals surface area contributed by atoms with E-state index in [1.807, 2.05) is 0 Å². The predicted molar refractivity (Wildman–Crippen MR) is 51.8 cm³/mol. The Balaban J connectivity index is 4.00. The van der Waals surface area contributed by atoms with Crippen molar-refractivity contribution >= 4 is 0 Å². The summed E-state index contributed by atoms with van der Waals surface area (Å²) in [5.41, 5.74) is 0.762. The first kappa shape index (κ1) is 11.0. The van der Waals surface area contributed by atoms with Crippen LogP contribution in [0.25, 0.3) is 0 Å². The van der Waals surface area contributed by atoms with Crippen LogP contribution in [0.4, 0.5) is 0 Å². The Labute approximate surface area is 71.6 Å². The van der Waals surface area contributed by atoms with Crippen LogP contribution in [0.15, 0.2) is 0 Å². The summed E-state index contributed by atoms with van der Waals surface area (Å²) in [4.78, 5) is 0. The second-order valence-electron chi connectivity index (χ2n) is 4.91. The number of rotatable bonds is 3. The fourth-order valence-electron chi connectivity index (χ4n) is 0.703. The maximum absolute atomic E-state index is 3.40. The Morgan fingerprint density at radius 3 is 1.73 bits per heavy atom. The minimum Gasteiger partial charge on any atom is -0.316 e. The van der Waals surface area contributed by atoms with Crippen LogP contribution < -0.4 is 5.32 Å². The van der Waals surface area contributed by atoms with Crippen molar-refractivity contribution in [2.75, 3.05) is 13.1 Å². The molecule has 0 aromatic rings. The van der Waals surface area contributed by atoms with E-state index in [-0.39, 0.29) is 0 Å². The molecule has 0 rings (SSSR count). The second-order valence-corrected chi connectivity index (χ2v) is 4.91. The molecule has 0 bridgehead atoms. The van der Waals surface area contributed by atoms with Gasteiger partial charge >= 0.3 is 0 Å². The van der Waals surface area contributed by atoms with E-state index in [0.29, 0.717) is 10.8 Å². The standard InChI is InChI=1S/C10H23N/c1-7-11-8-10(5,6)9(2,3)4/h11H,7-8H2,1-6H3. The Hall–Kier alpha value is -0.0400. The molecule has 0 aliphatic carbocycles. The van der Waals surface area contributed by atoms with E-state index in [2.05, 4.69) is 46.9 Å². The lowest BCUT2D eigenvalue weighted by Crippen LogP contribution is -2.39. The van der Waals surface area contributed by atoms with E-state index < -0.39 is 0 Å². The molecule has 0 spiro atoms. The van der Waals surface area contributed by atoms with Gasteiger partial charge in [0.25, 0.3) is 0 Å². The SMILES string of the molecule is CCNCC(C)(C)C(C)(C)C. The van der Waals surface area contributed by atoms with Crippen LogP contribution in [-0.2, 0) is 0 Å². The lowest BCUT2D eigenvalue weighted by atomic mass is 9.69. The molecule has 0 aromatic heterocycles. The molecule has 11 heavy (non-hydrogen) atoms. The van der Waals surface area contributed by atoms with Crippen molar-refractivity contribution in [2.45, 2.75) is 41.5 Å². The molecular formula is C10H23N. The maximum atomic E-state index is 3.40. The van der Waals surface area contributed by atoms with Crippen molar-refractivity contribution in [1.29, 1.82) is 0 Å². The van der Waals surface area contributed by atoms with Crippen LogP contribution in [-0.4, -0.2) is 13.1 Å².